The minimum atomic E-state index is -0.188. The summed E-state index contributed by atoms with van der Waals surface area (Å²) >= 11 is 0. The normalized spacial score (nSPS) is 12.8. The van der Waals surface area contributed by atoms with Crippen molar-refractivity contribution in [3.63, 3.8) is 0 Å². The van der Waals surface area contributed by atoms with E-state index >= 15 is 0 Å². The Morgan fingerprint density at radius 3 is 2.12 bits per heavy atom. The molecule has 0 bridgehead atoms. The van der Waals surface area contributed by atoms with Gasteiger partial charge in [-0.15, -0.1) is 0 Å². The first-order chi connectivity index (χ1) is 11.5. The van der Waals surface area contributed by atoms with Gasteiger partial charge in [0.05, 0.1) is 12.5 Å². The maximum Gasteiger partial charge on any atom is 0.267 e. The molecule has 0 fully saturated rings. The highest BCUT2D eigenvalue weighted by Gasteiger charge is 2.35. The summed E-state index contributed by atoms with van der Waals surface area (Å²) in [5.41, 5.74) is 4.17. The van der Waals surface area contributed by atoms with Crippen molar-refractivity contribution in [2.24, 2.45) is 7.05 Å². The Kier molecular flexibility index (Phi) is 4.02. The van der Waals surface area contributed by atoms with Crippen LogP contribution in [-0.4, -0.2) is 4.57 Å². The Labute approximate surface area is 149 Å². The molecule has 0 saturated carbocycles. The molecule has 3 aromatic rings. The molecular weight excluding hydrogens is 311 g/mol. The van der Waals surface area contributed by atoms with Crippen LogP contribution in [0.25, 0.3) is 16.7 Å². The van der Waals surface area contributed by atoms with Gasteiger partial charge in [-0.25, -0.2) is 8.96 Å². The quantitative estimate of drug-likeness (QED) is 0.540. The summed E-state index contributed by atoms with van der Waals surface area (Å²) in [5, 5.41) is 0. The van der Waals surface area contributed by atoms with Gasteiger partial charge in [-0.2, -0.15) is 4.57 Å². The lowest BCUT2D eigenvalue weighted by molar-refractivity contribution is -0.657. The van der Waals surface area contributed by atoms with E-state index in [0.717, 1.165) is 16.8 Å². The van der Waals surface area contributed by atoms with Gasteiger partial charge in [0.15, 0.2) is 11.0 Å². The second-order valence-corrected chi connectivity index (χ2v) is 8.87. The van der Waals surface area contributed by atoms with Crippen LogP contribution >= 0.6 is 0 Å². The third kappa shape index (κ3) is 2.97. The van der Waals surface area contributed by atoms with Crippen LogP contribution in [0.5, 0.6) is 0 Å². The lowest BCUT2D eigenvalue weighted by atomic mass is 9.85. The lowest BCUT2D eigenvalue weighted by Crippen LogP contribution is -2.39. The van der Waals surface area contributed by atoms with Crippen molar-refractivity contribution in [2.75, 3.05) is 0 Å². The third-order valence-electron chi connectivity index (χ3n) is 4.69. The minimum absolute atomic E-state index is 0.0582. The van der Waals surface area contributed by atoms with Crippen molar-refractivity contribution >= 4 is 11.0 Å². The monoisotopic (exact) mass is 339 g/mol. The molecule has 0 spiro atoms. The molecule has 1 heterocycles. The van der Waals surface area contributed by atoms with Crippen LogP contribution in [-0.2, 0) is 17.9 Å². The molecule has 0 atom stereocenters. The van der Waals surface area contributed by atoms with E-state index in [1.165, 1.54) is 11.3 Å². The number of para-hydroxylation sites is 2. The molecule has 25 heavy (non-hydrogen) atoms. The van der Waals surface area contributed by atoms with E-state index in [2.05, 4.69) is 82.0 Å². The predicted octanol–water partition coefficient (Wildman–Crippen LogP) is 5.19. The Morgan fingerprint density at radius 2 is 1.52 bits per heavy atom. The molecule has 0 aliphatic heterocycles. The Morgan fingerprint density at radius 1 is 0.880 bits per heavy atom. The number of benzene rings is 2. The molecule has 2 nitrogen and oxygen atoms in total. The Hall–Kier alpha value is -2.16. The average Bonchev–Trinajstić information content (AvgIpc) is 2.80. The summed E-state index contributed by atoms with van der Waals surface area (Å²) in [6.07, 6.45) is 0. The van der Waals surface area contributed by atoms with E-state index in [1.807, 2.05) is 6.07 Å². The van der Waals surface area contributed by atoms with Gasteiger partial charge in [0.25, 0.3) is 5.82 Å². The number of hydrogen-bond donors (Lipinski definition) is 0. The van der Waals surface area contributed by atoms with Gasteiger partial charge in [0, 0.05) is 5.56 Å². The van der Waals surface area contributed by atoms with E-state index < -0.39 is 0 Å². The van der Waals surface area contributed by atoms with E-state index in [0.29, 0.717) is 0 Å². The van der Waals surface area contributed by atoms with Gasteiger partial charge in [0.1, 0.15) is 11.5 Å². The molecule has 132 valence electrons. The molecule has 0 aliphatic rings. The molecule has 1 aromatic heterocycles. The number of hydrogen-bond acceptors (Lipinski definition) is 0. The standard InChI is InChI=1S/C22H28FN2/c1-21(2,3)16-14-15(23)12-13-17(16)25-19-11-9-8-10-18(19)24(7)20(25)22(4,5)6/h8-14H,1-7H3/q+1. The first-order valence-corrected chi connectivity index (χ1v) is 8.82. The third-order valence-corrected chi connectivity index (χ3v) is 4.69. The summed E-state index contributed by atoms with van der Waals surface area (Å²) in [7, 11) is 2.11. The van der Waals surface area contributed by atoms with Crippen molar-refractivity contribution < 1.29 is 8.96 Å². The fraction of sp³-hybridized carbons (Fsp3) is 0.409. The van der Waals surface area contributed by atoms with Crippen LogP contribution in [0.3, 0.4) is 0 Å². The van der Waals surface area contributed by atoms with Crippen molar-refractivity contribution in [3.05, 3.63) is 59.7 Å². The van der Waals surface area contributed by atoms with Crippen molar-refractivity contribution in [3.8, 4) is 5.69 Å². The average molecular weight is 339 g/mol. The second kappa shape index (κ2) is 5.69. The minimum Gasteiger partial charge on any atom is -0.229 e. The van der Waals surface area contributed by atoms with E-state index in [9.17, 15) is 4.39 Å². The fourth-order valence-electron chi connectivity index (χ4n) is 3.70. The zero-order valence-corrected chi connectivity index (χ0v) is 16.3. The van der Waals surface area contributed by atoms with Gasteiger partial charge in [0.2, 0.25) is 0 Å². The summed E-state index contributed by atoms with van der Waals surface area (Å²) in [5.74, 6) is 1.01. The zero-order valence-electron chi connectivity index (χ0n) is 16.3. The molecule has 3 rings (SSSR count). The summed E-state index contributed by atoms with van der Waals surface area (Å²) < 4.78 is 18.6. The van der Waals surface area contributed by atoms with Crippen LogP contribution in [0, 0.1) is 5.82 Å². The number of aryl methyl sites for hydroxylation is 1. The van der Waals surface area contributed by atoms with Crippen molar-refractivity contribution in [2.45, 2.75) is 52.4 Å². The van der Waals surface area contributed by atoms with Crippen molar-refractivity contribution in [1.82, 2.24) is 4.57 Å². The van der Waals surface area contributed by atoms with Gasteiger partial charge in [-0.1, -0.05) is 32.9 Å². The largest absolute Gasteiger partial charge is 0.267 e. The summed E-state index contributed by atoms with van der Waals surface area (Å²) in [6, 6.07) is 13.6. The molecule has 0 aliphatic carbocycles. The van der Waals surface area contributed by atoms with Gasteiger partial charge >= 0.3 is 0 Å². The van der Waals surface area contributed by atoms with Crippen LogP contribution in [0.15, 0.2) is 42.5 Å². The molecule has 0 amide bonds. The molecule has 0 unspecified atom stereocenters. The zero-order chi connectivity index (χ0) is 18.6. The first-order valence-electron chi connectivity index (χ1n) is 8.82. The Bertz CT molecular complexity index is 937. The maximum atomic E-state index is 14.0. The van der Waals surface area contributed by atoms with E-state index in [-0.39, 0.29) is 16.6 Å². The van der Waals surface area contributed by atoms with Gasteiger partial charge in [-0.3, -0.25) is 0 Å². The highest BCUT2D eigenvalue weighted by Crippen LogP contribution is 2.34. The highest BCUT2D eigenvalue weighted by molar-refractivity contribution is 5.75. The van der Waals surface area contributed by atoms with Gasteiger partial charge < -0.3 is 0 Å². The predicted molar refractivity (Wildman–Crippen MR) is 102 cm³/mol. The smallest absolute Gasteiger partial charge is 0.229 e. The molecule has 2 aromatic carbocycles. The lowest BCUT2D eigenvalue weighted by Gasteiger charge is -2.23. The fourth-order valence-corrected chi connectivity index (χ4v) is 3.70. The number of fused-ring (bicyclic) bond motifs is 1. The van der Waals surface area contributed by atoms with Gasteiger partial charge in [-0.05, 0) is 56.5 Å². The SMILES string of the molecule is C[n+]1c(C(C)(C)C)n(-c2ccc(F)cc2C(C)(C)C)c2ccccc21. The van der Waals surface area contributed by atoms with Crippen LogP contribution in [0.1, 0.15) is 52.9 Å². The summed E-state index contributed by atoms with van der Waals surface area (Å²) in [6.45, 7) is 13.1. The first kappa shape index (κ1) is 17.7. The van der Waals surface area contributed by atoms with Crippen molar-refractivity contribution in [1.29, 1.82) is 0 Å². The molecule has 0 radical (unpaired) electrons. The maximum absolute atomic E-state index is 14.0. The number of aromatic nitrogens is 2. The van der Waals surface area contributed by atoms with E-state index in [1.54, 1.807) is 12.1 Å². The summed E-state index contributed by atoms with van der Waals surface area (Å²) in [4.78, 5) is 0. The number of halogens is 1. The molecule has 3 heteroatoms. The van der Waals surface area contributed by atoms with Crippen LogP contribution in [0.4, 0.5) is 4.39 Å². The Balaban J connectivity index is 2.49. The second-order valence-electron chi connectivity index (χ2n) is 8.87. The number of nitrogens with zero attached hydrogens (tertiary/aromatic N) is 2. The topological polar surface area (TPSA) is 8.81 Å². The molecular formula is C22H28FN2+. The molecule has 0 N–H and O–H groups in total. The number of imidazole rings is 1. The molecule has 0 saturated heterocycles. The van der Waals surface area contributed by atoms with Crippen LogP contribution in [0.2, 0.25) is 0 Å². The number of rotatable bonds is 1. The van der Waals surface area contributed by atoms with E-state index in [4.69, 9.17) is 0 Å². The van der Waals surface area contributed by atoms with Crippen LogP contribution < -0.4 is 4.57 Å². The highest BCUT2D eigenvalue weighted by atomic mass is 19.1.